The summed E-state index contributed by atoms with van der Waals surface area (Å²) in [6.45, 7) is 0. The van der Waals surface area contributed by atoms with Gasteiger partial charge < -0.3 is 20.1 Å². The third-order valence-corrected chi connectivity index (χ3v) is 6.44. The molecule has 150 valence electrons. The second kappa shape index (κ2) is 9.24. The predicted octanol–water partition coefficient (Wildman–Crippen LogP) is 2.71. The van der Waals surface area contributed by atoms with Gasteiger partial charge in [0.25, 0.3) is 5.56 Å². The number of hydrogen-bond acceptors (Lipinski definition) is 8. The van der Waals surface area contributed by atoms with Gasteiger partial charge in [0.15, 0.2) is 5.16 Å². The van der Waals surface area contributed by atoms with E-state index in [1.807, 2.05) is 0 Å². The van der Waals surface area contributed by atoms with Gasteiger partial charge in [-0.05, 0) is 31.2 Å². The summed E-state index contributed by atoms with van der Waals surface area (Å²) < 4.78 is 4.94. The number of fused-ring (bicyclic) bond motifs is 1. The molecule has 0 fully saturated rings. The van der Waals surface area contributed by atoms with Crippen molar-refractivity contribution in [3.05, 3.63) is 32.4 Å². The molecule has 0 atom stereocenters. The van der Waals surface area contributed by atoms with Gasteiger partial charge in [0.05, 0.1) is 24.5 Å². The van der Waals surface area contributed by atoms with Crippen molar-refractivity contribution in [2.24, 2.45) is 0 Å². The summed E-state index contributed by atoms with van der Waals surface area (Å²) in [7, 11) is 1.33. The Labute approximate surface area is 169 Å². The van der Waals surface area contributed by atoms with E-state index in [9.17, 15) is 19.5 Å². The zero-order valence-corrected chi connectivity index (χ0v) is 17.0. The average Bonchev–Trinajstić information content (AvgIpc) is 2.94. The van der Waals surface area contributed by atoms with Crippen molar-refractivity contribution in [3.8, 4) is 5.88 Å². The molecule has 0 saturated carbocycles. The number of H-pyrrole nitrogens is 1. The Balaban J connectivity index is 1.76. The van der Waals surface area contributed by atoms with Crippen LogP contribution < -0.4 is 10.9 Å². The van der Waals surface area contributed by atoms with Gasteiger partial charge in [-0.3, -0.25) is 9.59 Å². The molecule has 0 saturated heterocycles. The molecular weight excluding hydrogens is 402 g/mol. The highest BCUT2D eigenvalue weighted by Crippen LogP contribution is 2.37. The van der Waals surface area contributed by atoms with Gasteiger partial charge in [0.2, 0.25) is 11.8 Å². The molecule has 8 nitrogen and oxygen atoms in total. The second-order valence-corrected chi connectivity index (χ2v) is 8.43. The lowest BCUT2D eigenvalue weighted by Gasteiger charge is -2.11. The molecule has 0 unspecified atom stereocenters. The van der Waals surface area contributed by atoms with Gasteiger partial charge in [0.1, 0.15) is 5.00 Å². The summed E-state index contributed by atoms with van der Waals surface area (Å²) in [5.41, 5.74) is 0.937. The number of nitrogens with zero attached hydrogens (tertiary/aromatic N) is 1. The lowest BCUT2D eigenvalue weighted by molar-refractivity contribution is -0.113. The third kappa shape index (κ3) is 4.93. The Kier molecular flexibility index (Phi) is 6.74. The summed E-state index contributed by atoms with van der Waals surface area (Å²) in [6.07, 6.45) is 6.06. The average molecular weight is 424 g/mol. The number of anilines is 1. The number of ether oxygens (including phenoxy) is 1. The highest BCUT2D eigenvalue weighted by molar-refractivity contribution is 7.99. The number of hydrogen-bond donors (Lipinski definition) is 3. The highest BCUT2D eigenvalue weighted by Gasteiger charge is 2.25. The number of rotatable bonds is 5. The smallest absolute Gasteiger partial charge is 0.341 e. The SMILES string of the molecule is COC(=O)c1c(NC(=O)CSc2nc(O)cc(=O)[nH]2)sc2c1CCCCCC2. The minimum absolute atomic E-state index is 0.0322. The monoisotopic (exact) mass is 423 g/mol. The number of carbonyl (C=O) groups excluding carboxylic acids is 2. The maximum absolute atomic E-state index is 12.4. The van der Waals surface area contributed by atoms with Gasteiger partial charge >= 0.3 is 5.97 Å². The number of aromatic hydroxyl groups is 1. The first kappa shape index (κ1) is 20.4. The van der Waals surface area contributed by atoms with E-state index in [0.29, 0.717) is 10.6 Å². The Hall–Kier alpha value is -2.33. The van der Waals surface area contributed by atoms with Crippen molar-refractivity contribution in [2.75, 3.05) is 18.2 Å². The van der Waals surface area contributed by atoms with E-state index in [2.05, 4.69) is 15.3 Å². The maximum Gasteiger partial charge on any atom is 0.341 e. The van der Waals surface area contributed by atoms with Crippen molar-refractivity contribution in [1.29, 1.82) is 0 Å². The molecule has 1 aliphatic rings. The van der Waals surface area contributed by atoms with Crippen LogP contribution in [0.25, 0.3) is 0 Å². The van der Waals surface area contributed by atoms with Crippen LogP contribution in [0.5, 0.6) is 5.88 Å². The first-order chi connectivity index (χ1) is 13.5. The first-order valence-corrected chi connectivity index (χ1v) is 10.7. The van der Waals surface area contributed by atoms with E-state index < -0.39 is 17.4 Å². The lowest BCUT2D eigenvalue weighted by Crippen LogP contribution is -2.17. The van der Waals surface area contributed by atoms with Crippen molar-refractivity contribution in [3.63, 3.8) is 0 Å². The molecule has 0 bridgehead atoms. The highest BCUT2D eigenvalue weighted by atomic mass is 32.2. The van der Waals surface area contributed by atoms with E-state index in [1.54, 1.807) is 0 Å². The normalized spacial score (nSPS) is 13.9. The Bertz CT molecular complexity index is 938. The predicted molar refractivity (Wildman–Crippen MR) is 107 cm³/mol. The van der Waals surface area contributed by atoms with E-state index in [0.717, 1.165) is 60.4 Å². The minimum atomic E-state index is -0.499. The summed E-state index contributed by atoms with van der Waals surface area (Å²) in [6, 6.07) is 0.952. The van der Waals surface area contributed by atoms with Gasteiger partial charge in [0, 0.05) is 4.88 Å². The number of thiophene rings is 1. The van der Waals surface area contributed by atoms with Crippen LogP contribution in [-0.2, 0) is 22.4 Å². The van der Waals surface area contributed by atoms with Crippen molar-refractivity contribution < 1.29 is 19.4 Å². The van der Waals surface area contributed by atoms with Gasteiger partial charge in [-0.2, -0.15) is 4.98 Å². The number of aryl methyl sites for hydroxylation is 1. The molecule has 10 heteroatoms. The molecule has 2 aromatic rings. The lowest BCUT2D eigenvalue weighted by atomic mass is 9.96. The summed E-state index contributed by atoms with van der Waals surface area (Å²) in [5.74, 6) is -1.22. The fraction of sp³-hybridized carbons (Fsp3) is 0.444. The van der Waals surface area contributed by atoms with Gasteiger partial charge in [-0.15, -0.1) is 11.3 Å². The summed E-state index contributed by atoms with van der Waals surface area (Å²) >= 11 is 2.42. The Morgan fingerprint density at radius 3 is 2.79 bits per heavy atom. The minimum Gasteiger partial charge on any atom is -0.493 e. The topological polar surface area (TPSA) is 121 Å². The Morgan fingerprint density at radius 2 is 2.07 bits per heavy atom. The van der Waals surface area contributed by atoms with Crippen LogP contribution in [0, 0.1) is 0 Å². The molecule has 0 spiro atoms. The molecule has 3 N–H and O–H groups in total. The fourth-order valence-corrected chi connectivity index (χ4v) is 5.08. The number of aromatic amines is 1. The van der Waals surface area contributed by atoms with Crippen LogP contribution >= 0.6 is 23.1 Å². The van der Waals surface area contributed by atoms with Gasteiger partial charge in [-0.1, -0.05) is 24.6 Å². The molecule has 2 aromatic heterocycles. The fourth-order valence-electron chi connectivity index (χ4n) is 3.11. The van der Waals surface area contributed by atoms with E-state index in [4.69, 9.17) is 4.74 Å². The molecule has 0 aromatic carbocycles. The number of nitrogens with one attached hydrogen (secondary N) is 2. The number of esters is 1. The largest absolute Gasteiger partial charge is 0.493 e. The molecule has 28 heavy (non-hydrogen) atoms. The Morgan fingerprint density at radius 1 is 1.32 bits per heavy atom. The van der Waals surface area contributed by atoms with Crippen LogP contribution in [0.15, 0.2) is 16.0 Å². The first-order valence-electron chi connectivity index (χ1n) is 8.93. The second-order valence-electron chi connectivity index (χ2n) is 6.36. The third-order valence-electron chi connectivity index (χ3n) is 4.36. The summed E-state index contributed by atoms with van der Waals surface area (Å²) in [5, 5.41) is 12.8. The van der Waals surface area contributed by atoms with Crippen LogP contribution in [0.2, 0.25) is 0 Å². The zero-order chi connectivity index (χ0) is 20.1. The number of amides is 1. The zero-order valence-electron chi connectivity index (χ0n) is 15.4. The quantitative estimate of drug-likeness (QED) is 0.384. The molecular formula is C18H21N3O5S2. The van der Waals surface area contributed by atoms with Crippen LogP contribution in [-0.4, -0.2) is 39.8 Å². The molecule has 3 rings (SSSR count). The molecule has 1 amide bonds. The standard InChI is InChI=1S/C18H21N3O5S2/c1-26-17(25)15-10-6-4-2-3-5-7-11(10)28-16(15)19-14(24)9-27-18-20-12(22)8-13(23)21-18/h8H,2-7,9H2,1H3,(H,19,24)(H2,20,21,22,23). The number of aromatic nitrogens is 2. The van der Waals surface area contributed by atoms with E-state index >= 15 is 0 Å². The number of carbonyl (C=O) groups is 2. The maximum atomic E-state index is 12.4. The van der Waals surface area contributed by atoms with Crippen LogP contribution in [0.4, 0.5) is 5.00 Å². The van der Waals surface area contributed by atoms with E-state index in [-0.39, 0.29) is 16.8 Å². The summed E-state index contributed by atoms with van der Waals surface area (Å²) in [4.78, 5) is 43.4. The van der Waals surface area contributed by atoms with Crippen molar-refractivity contribution in [2.45, 2.75) is 43.7 Å². The number of methoxy groups -OCH3 is 1. The van der Waals surface area contributed by atoms with Crippen molar-refractivity contribution in [1.82, 2.24) is 9.97 Å². The number of thioether (sulfide) groups is 1. The van der Waals surface area contributed by atoms with E-state index in [1.165, 1.54) is 24.9 Å². The van der Waals surface area contributed by atoms with Crippen LogP contribution in [0.3, 0.4) is 0 Å². The van der Waals surface area contributed by atoms with Crippen molar-refractivity contribution >= 4 is 40.0 Å². The van der Waals surface area contributed by atoms with Crippen LogP contribution in [0.1, 0.15) is 46.5 Å². The molecule has 2 heterocycles. The van der Waals surface area contributed by atoms with Gasteiger partial charge in [-0.25, -0.2) is 4.79 Å². The molecule has 0 radical (unpaired) electrons. The molecule has 1 aliphatic carbocycles. The molecule has 0 aliphatic heterocycles.